The molecule has 1 aromatic carbocycles. The second kappa shape index (κ2) is 7.60. The molecule has 0 bridgehead atoms. The third-order valence-corrected chi connectivity index (χ3v) is 5.84. The molecule has 0 unspecified atom stereocenters. The van der Waals surface area contributed by atoms with Crippen molar-refractivity contribution in [3.8, 4) is 0 Å². The van der Waals surface area contributed by atoms with Crippen molar-refractivity contribution in [1.29, 1.82) is 0 Å². The molecule has 0 aliphatic carbocycles. The molecule has 2 amide bonds. The highest BCUT2D eigenvalue weighted by Gasteiger charge is 2.33. The van der Waals surface area contributed by atoms with Gasteiger partial charge in [-0.1, -0.05) is 6.92 Å². The van der Waals surface area contributed by atoms with Crippen molar-refractivity contribution in [3.05, 3.63) is 24.0 Å². The third-order valence-electron chi connectivity index (χ3n) is 5.84. The predicted molar refractivity (Wildman–Crippen MR) is 97.5 cm³/mol. The number of hydrogen-bond donors (Lipinski definition) is 2. The predicted octanol–water partition coefficient (Wildman–Crippen LogP) is 3.44. The standard InChI is InChI=1S/C19H28FN3O2/c1-2-19(14-24)7-11-23(12-8-19)18(25)21-15-5-6-17(16(20)13-15)22-9-3-4-10-22/h5-6,13,24H,2-4,7-12,14H2,1H3,(H,21,25). The van der Waals surface area contributed by atoms with Gasteiger partial charge in [-0.15, -0.1) is 0 Å². The first-order valence-corrected chi connectivity index (χ1v) is 9.28. The summed E-state index contributed by atoms with van der Waals surface area (Å²) in [6, 6.07) is 4.72. The number of likely N-dealkylation sites (tertiary alicyclic amines) is 1. The summed E-state index contributed by atoms with van der Waals surface area (Å²) in [5.41, 5.74) is 1.05. The van der Waals surface area contributed by atoms with E-state index in [1.54, 1.807) is 17.0 Å². The minimum Gasteiger partial charge on any atom is -0.396 e. The van der Waals surface area contributed by atoms with E-state index in [0.717, 1.165) is 45.2 Å². The first-order chi connectivity index (χ1) is 12.1. The lowest BCUT2D eigenvalue weighted by molar-refractivity contribution is 0.0542. The van der Waals surface area contributed by atoms with Crippen LogP contribution in [-0.4, -0.2) is 48.8 Å². The Labute approximate surface area is 148 Å². The van der Waals surface area contributed by atoms with E-state index < -0.39 is 0 Å². The lowest BCUT2D eigenvalue weighted by atomic mass is 9.77. The van der Waals surface area contributed by atoms with E-state index in [0.29, 0.717) is 24.5 Å². The van der Waals surface area contributed by atoms with Crippen LogP contribution in [-0.2, 0) is 0 Å². The molecule has 0 atom stereocenters. The molecule has 3 rings (SSSR count). The van der Waals surface area contributed by atoms with Gasteiger partial charge in [0.1, 0.15) is 5.82 Å². The second-order valence-corrected chi connectivity index (χ2v) is 7.29. The molecule has 2 N–H and O–H groups in total. The van der Waals surface area contributed by atoms with Gasteiger partial charge in [-0.25, -0.2) is 9.18 Å². The summed E-state index contributed by atoms with van der Waals surface area (Å²) < 4.78 is 14.4. The number of carbonyl (C=O) groups excluding carboxylic acids is 1. The van der Waals surface area contributed by atoms with Crippen LogP contribution in [0.3, 0.4) is 0 Å². The molecule has 2 aliphatic rings. The minimum absolute atomic E-state index is 0.0553. The van der Waals surface area contributed by atoms with Crippen molar-refractivity contribution >= 4 is 17.4 Å². The molecule has 0 saturated carbocycles. The maximum Gasteiger partial charge on any atom is 0.321 e. The molecular weight excluding hydrogens is 321 g/mol. The normalized spacial score (nSPS) is 20.0. The number of urea groups is 1. The molecule has 2 saturated heterocycles. The summed E-state index contributed by atoms with van der Waals surface area (Å²) in [5.74, 6) is -0.288. The van der Waals surface area contributed by atoms with E-state index in [4.69, 9.17) is 0 Å². The highest BCUT2D eigenvalue weighted by Crippen LogP contribution is 2.34. The summed E-state index contributed by atoms with van der Waals surface area (Å²) in [5, 5.41) is 12.4. The SMILES string of the molecule is CCC1(CO)CCN(C(=O)Nc2ccc(N3CCCC3)c(F)c2)CC1. The molecule has 0 spiro atoms. The number of aliphatic hydroxyl groups is 1. The molecule has 5 nitrogen and oxygen atoms in total. The first-order valence-electron chi connectivity index (χ1n) is 9.28. The molecule has 2 aliphatic heterocycles. The van der Waals surface area contributed by atoms with Crippen molar-refractivity contribution in [1.82, 2.24) is 4.90 Å². The number of anilines is 2. The van der Waals surface area contributed by atoms with Crippen molar-refractivity contribution < 1.29 is 14.3 Å². The van der Waals surface area contributed by atoms with Gasteiger partial charge in [-0.3, -0.25) is 0 Å². The molecule has 138 valence electrons. The van der Waals surface area contributed by atoms with E-state index in [9.17, 15) is 14.3 Å². The Morgan fingerprint density at radius 3 is 2.48 bits per heavy atom. The van der Waals surface area contributed by atoms with Crippen molar-refractivity contribution in [2.24, 2.45) is 5.41 Å². The van der Waals surface area contributed by atoms with E-state index in [1.165, 1.54) is 6.07 Å². The lowest BCUT2D eigenvalue weighted by Crippen LogP contribution is -2.46. The Balaban J connectivity index is 1.59. The second-order valence-electron chi connectivity index (χ2n) is 7.29. The van der Waals surface area contributed by atoms with Gasteiger partial charge in [-0.05, 0) is 55.7 Å². The van der Waals surface area contributed by atoms with Crippen LogP contribution >= 0.6 is 0 Å². The number of halogens is 1. The fourth-order valence-corrected chi connectivity index (χ4v) is 3.81. The van der Waals surface area contributed by atoms with E-state index in [2.05, 4.69) is 12.2 Å². The van der Waals surface area contributed by atoms with Gasteiger partial charge in [-0.2, -0.15) is 0 Å². The average Bonchev–Trinajstić information content (AvgIpc) is 3.16. The maximum absolute atomic E-state index is 14.4. The molecule has 6 heteroatoms. The fraction of sp³-hybridized carbons (Fsp3) is 0.632. The maximum atomic E-state index is 14.4. The van der Waals surface area contributed by atoms with Crippen LogP contribution in [0.5, 0.6) is 0 Å². The monoisotopic (exact) mass is 349 g/mol. The lowest BCUT2D eigenvalue weighted by Gasteiger charge is -2.40. The Morgan fingerprint density at radius 2 is 1.92 bits per heavy atom. The van der Waals surface area contributed by atoms with Crippen molar-refractivity contribution in [3.63, 3.8) is 0 Å². The van der Waals surface area contributed by atoms with Crippen LogP contribution in [0.4, 0.5) is 20.6 Å². The van der Waals surface area contributed by atoms with Crippen LogP contribution in [0.15, 0.2) is 18.2 Å². The first kappa shape index (κ1) is 18.0. The highest BCUT2D eigenvalue weighted by molar-refractivity contribution is 5.89. The summed E-state index contributed by atoms with van der Waals surface area (Å²) >= 11 is 0. The zero-order chi connectivity index (χ0) is 17.9. The molecule has 25 heavy (non-hydrogen) atoms. The number of amides is 2. The Kier molecular flexibility index (Phi) is 5.47. The summed E-state index contributed by atoms with van der Waals surface area (Å²) in [7, 11) is 0. The zero-order valence-corrected chi connectivity index (χ0v) is 14.9. The smallest absolute Gasteiger partial charge is 0.321 e. The van der Waals surface area contributed by atoms with E-state index in [1.807, 2.05) is 4.90 Å². The van der Waals surface area contributed by atoms with Crippen molar-refractivity contribution in [2.45, 2.75) is 39.0 Å². The van der Waals surface area contributed by atoms with Gasteiger partial charge in [0.15, 0.2) is 0 Å². The van der Waals surface area contributed by atoms with Gasteiger partial charge in [0, 0.05) is 38.5 Å². The quantitative estimate of drug-likeness (QED) is 0.875. The zero-order valence-electron chi connectivity index (χ0n) is 14.9. The Morgan fingerprint density at radius 1 is 1.24 bits per heavy atom. The van der Waals surface area contributed by atoms with Crippen molar-refractivity contribution in [2.75, 3.05) is 43.0 Å². The van der Waals surface area contributed by atoms with E-state index >= 15 is 0 Å². The molecule has 0 aromatic heterocycles. The van der Waals surface area contributed by atoms with Gasteiger partial charge in [0.25, 0.3) is 0 Å². The van der Waals surface area contributed by atoms with Crippen LogP contribution in [0, 0.1) is 11.2 Å². The summed E-state index contributed by atoms with van der Waals surface area (Å²) in [4.78, 5) is 16.2. The van der Waals surface area contributed by atoms with Crippen LogP contribution in [0.1, 0.15) is 39.0 Å². The van der Waals surface area contributed by atoms with Gasteiger partial charge in [0.05, 0.1) is 5.69 Å². The summed E-state index contributed by atoms with van der Waals surface area (Å²) in [6.45, 7) is 5.27. The molecule has 2 fully saturated rings. The Bertz CT molecular complexity index is 603. The number of nitrogens with one attached hydrogen (secondary N) is 1. The third kappa shape index (κ3) is 3.89. The number of aliphatic hydroxyl groups excluding tert-OH is 1. The largest absolute Gasteiger partial charge is 0.396 e. The minimum atomic E-state index is -0.288. The topological polar surface area (TPSA) is 55.8 Å². The number of hydrogen-bond acceptors (Lipinski definition) is 3. The molecule has 1 aromatic rings. The molecule has 2 heterocycles. The molecular formula is C19H28FN3O2. The Hall–Kier alpha value is -1.82. The average molecular weight is 349 g/mol. The van der Waals surface area contributed by atoms with Crippen LogP contribution in [0.25, 0.3) is 0 Å². The van der Waals surface area contributed by atoms with Gasteiger partial charge in [0.2, 0.25) is 0 Å². The van der Waals surface area contributed by atoms with Gasteiger partial charge >= 0.3 is 6.03 Å². The fourth-order valence-electron chi connectivity index (χ4n) is 3.81. The molecule has 0 radical (unpaired) electrons. The number of piperidine rings is 1. The number of nitrogens with zero attached hydrogens (tertiary/aromatic N) is 2. The summed E-state index contributed by atoms with van der Waals surface area (Å²) in [6.07, 6.45) is 4.72. The van der Waals surface area contributed by atoms with Crippen LogP contribution < -0.4 is 10.2 Å². The van der Waals surface area contributed by atoms with Crippen LogP contribution in [0.2, 0.25) is 0 Å². The van der Waals surface area contributed by atoms with E-state index in [-0.39, 0.29) is 23.9 Å². The number of carbonyl (C=O) groups is 1. The van der Waals surface area contributed by atoms with Gasteiger partial charge < -0.3 is 20.2 Å². The number of rotatable bonds is 4. The number of benzene rings is 1. The highest BCUT2D eigenvalue weighted by atomic mass is 19.1.